The predicted molar refractivity (Wildman–Crippen MR) is 116 cm³/mol. The van der Waals surface area contributed by atoms with Crippen molar-refractivity contribution in [2.45, 2.75) is 31.8 Å². The van der Waals surface area contributed by atoms with Gasteiger partial charge in [-0.2, -0.15) is 4.31 Å². The number of benzene rings is 2. The molecule has 0 bridgehead atoms. The van der Waals surface area contributed by atoms with E-state index in [1.54, 1.807) is 48.8 Å². The van der Waals surface area contributed by atoms with Gasteiger partial charge in [-0.05, 0) is 49.2 Å². The first-order chi connectivity index (χ1) is 14.3. The predicted octanol–water partition coefficient (Wildman–Crippen LogP) is 3.21. The SMILES string of the molecule is Cc1ccc(S(=O)(=O)N(CC(=O)NCc2ccncc2)Cc2cccc(C)c2)cc1. The van der Waals surface area contributed by atoms with Crippen LogP contribution in [-0.4, -0.2) is 30.2 Å². The third-order valence-corrected chi connectivity index (χ3v) is 6.47. The van der Waals surface area contributed by atoms with Gasteiger partial charge < -0.3 is 5.32 Å². The molecule has 0 atom stereocenters. The van der Waals surface area contributed by atoms with Gasteiger partial charge in [0.25, 0.3) is 0 Å². The highest BCUT2D eigenvalue weighted by molar-refractivity contribution is 7.89. The Bertz CT molecular complexity index is 1100. The van der Waals surface area contributed by atoms with Crippen LogP contribution in [0, 0.1) is 13.8 Å². The molecule has 30 heavy (non-hydrogen) atoms. The molecule has 0 spiro atoms. The van der Waals surface area contributed by atoms with Gasteiger partial charge in [0.1, 0.15) is 0 Å². The molecule has 0 aliphatic carbocycles. The lowest BCUT2D eigenvalue weighted by atomic mass is 10.1. The van der Waals surface area contributed by atoms with Gasteiger partial charge in [0.2, 0.25) is 15.9 Å². The first-order valence-corrected chi connectivity index (χ1v) is 11.1. The third kappa shape index (κ3) is 5.75. The van der Waals surface area contributed by atoms with Crippen molar-refractivity contribution in [3.05, 3.63) is 95.3 Å². The molecule has 2 aromatic carbocycles. The number of hydrogen-bond acceptors (Lipinski definition) is 4. The molecule has 0 unspecified atom stereocenters. The Morgan fingerprint density at radius 3 is 2.30 bits per heavy atom. The van der Waals surface area contributed by atoms with Crippen LogP contribution in [-0.2, 0) is 27.9 Å². The smallest absolute Gasteiger partial charge is 0.243 e. The molecule has 0 aliphatic heterocycles. The van der Waals surface area contributed by atoms with Crippen molar-refractivity contribution in [2.24, 2.45) is 0 Å². The zero-order valence-electron chi connectivity index (χ0n) is 17.1. The molecule has 0 radical (unpaired) electrons. The Kier molecular flexibility index (Phi) is 6.97. The van der Waals surface area contributed by atoms with Crippen molar-refractivity contribution in [1.29, 1.82) is 0 Å². The summed E-state index contributed by atoms with van der Waals surface area (Å²) in [7, 11) is -3.84. The molecule has 1 N–H and O–H groups in total. The van der Waals surface area contributed by atoms with E-state index < -0.39 is 10.0 Å². The molecule has 3 aromatic rings. The first-order valence-electron chi connectivity index (χ1n) is 9.62. The summed E-state index contributed by atoms with van der Waals surface area (Å²) in [6.07, 6.45) is 3.29. The second-order valence-electron chi connectivity index (χ2n) is 7.21. The molecular formula is C23H25N3O3S. The molecule has 1 heterocycles. The average Bonchev–Trinajstić information content (AvgIpc) is 2.73. The van der Waals surface area contributed by atoms with E-state index in [0.29, 0.717) is 6.54 Å². The van der Waals surface area contributed by atoms with E-state index in [9.17, 15) is 13.2 Å². The lowest BCUT2D eigenvalue weighted by Crippen LogP contribution is -2.40. The first kappa shape index (κ1) is 21.7. The average molecular weight is 424 g/mol. The van der Waals surface area contributed by atoms with Gasteiger partial charge in [-0.25, -0.2) is 8.42 Å². The van der Waals surface area contributed by atoms with Gasteiger partial charge in [-0.15, -0.1) is 0 Å². The molecule has 1 aromatic heterocycles. The van der Waals surface area contributed by atoms with Crippen molar-refractivity contribution in [3.63, 3.8) is 0 Å². The maximum absolute atomic E-state index is 13.3. The molecule has 3 rings (SSSR count). The summed E-state index contributed by atoms with van der Waals surface area (Å²) in [5.41, 5.74) is 3.72. The van der Waals surface area contributed by atoms with Crippen LogP contribution in [0.3, 0.4) is 0 Å². The molecule has 0 fully saturated rings. The van der Waals surface area contributed by atoms with Crippen molar-refractivity contribution in [3.8, 4) is 0 Å². The molecule has 0 aliphatic rings. The normalized spacial score (nSPS) is 11.4. The Morgan fingerprint density at radius 1 is 0.933 bits per heavy atom. The molecule has 1 amide bonds. The van der Waals surface area contributed by atoms with E-state index in [-0.39, 0.29) is 23.9 Å². The van der Waals surface area contributed by atoms with Crippen molar-refractivity contribution < 1.29 is 13.2 Å². The van der Waals surface area contributed by atoms with E-state index in [0.717, 1.165) is 22.3 Å². The van der Waals surface area contributed by atoms with Crippen LogP contribution in [0.25, 0.3) is 0 Å². The number of hydrogen-bond donors (Lipinski definition) is 1. The number of amides is 1. The lowest BCUT2D eigenvalue weighted by molar-refractivity contribution is -0.121. The zero-order valence-corrected chi connectivity index (χ0v) is 17.9. The minimum atomic E-state index is -3.84. The highest BCUT2D eigenvalue weighted by Gasteiger charge is 2.27. The van der Waals surface area contributed by atoms with E-state index in [2.05, 4.69) is 10.3 Å². The van der Waals surface area contributed by atoms with Crippen LogP contribution in [0.15, 0.2) is 78.0 Å². The Morgan fingerprint density at radius 2 is 1.63 bits per heavy atom. The molecule has 0 saturated heterocycles. The van der Waals surface area contributed by atoms with Crippen molar-refractivity contribution in [2.75, 3.05) is 6.54 Å². The van der Waals surface area contributed by atoms with Crippen LogP contribution in [0.1, 0.15) is 22.3 Å². The van der Waals surface area contributed by atoms with E-state index in [4.69, 9.17) is 0 Å². The fourth-order valence-corrected chi connectivity index (χ4v) is 4.40. The van der Waals surface area contributed by atoms with Gasteiger partial charge in [0, 0.05) is 25.5 Å². The fourth-order valence-electron chi connectivity index (χ4n) is 3.02. The second-order valence-corrected chi connectivity index (χ2v) is 9.15. The second kappa shape index (κ2) is 9.65. The number of sulfonamides is 1. The summed E-state index contributed by atoms with van der Waals surface area (Å²) in [6.45, 7) is 4.00. The van der Waals surface area contributed by atoms with Crippen LogP contribution in [0.2, 0.25) is 0 Å². The van der Waals surface area contributed by atoms with Crippen LogP contribution < -0.4 is 5.32 Å². The summed E-state index contributed by atoms with van der Waals surface area (Å²) in [5.74, 6) is -0.366. The zero-order chi connectivity index (χ0) is 21.6. The Balaban J connectivity index is 1.81. The number of nitrogens with one attached hydrogen (secondary N) is 1. The minimum Gasteiger partial charge on any atom is -0.351 e. The van der Waals surface area contributed by atoms with Gasteiger partial charge in [-0.1, -0.05) is 47.5 Å². The fraction of sp³-hybridized carbons (Fsp3) is 0.217. The van der Waals surface area contributed by atoms with Crippen LogP contribution in [0.4, 0.5) is 0 Å². The molecule has 6 nitrogen and oxygen atoms in total. The summed E-state index contributed by atoms with van der Waals surface area (Å²) in [5, 5.41) is 2.79. The van der Waals surface area contributed by atoms with E-state index in [1.807, 2.05) is 38.1 Å². The Labute approximate surface area is 177 Å². The third-order valence-electron chi connectivity index (χ3n) is 4.66. The monoisotopic (exact) mass is 423 g/mol. The van der Waals surface area contributed by atoms with Gasteiger partial charge in [0.15, 0.2) is 0 Å². The van der Waals surface area contributed by atoms with Crippen LogP contribution >= 0.6 is 0 Å². The summed E-state index contributed by atoms with van der Waals surface area (Å²) < 4.78 is 27.8. The number of carbonyl (C=O) groups is 1. The summed E-state index contributed by atoms with van der Waals surface area (Å²) in [6, 6.07) is 17.9. The van der Waals surface area contributed by atoms with E-state index >= 15 is 0 Å². The topological polar surface area (TPSA) is 79.4 Å². The molecule has 7 heteroatoms. The number of rotatable bonds is 8. The number of nitrogens with zero attached hydrogens (tertiary/aromatic N) is 2. The Hall–Kier alpha value is -3.03. The molecular weight excluding hydrogens is 398 g/mol. The summed E-state index contributed by atoms with van der Waals surface area (Å²) in [4.78, 5) is 16.7. The van der Waals surface area contributed by atoms with Crippen molar-refractivity contribution >= 4 is 15.9 Å². The molecule has 156 valence electrons. The lowest BCUT2D eigenvalue weighted by Gasteiger charge is -2.22. The standard InChI is InChI=1S/C23H25N3O3S/c1-18-6-8-22(9-7-18)30(28,29)26(16-21-5-3-4-19(2)14-21)17-23(27)25-15-20-10-12-24-13-11-20/h3-14H,15-17H2,1-2H3,(H,25,27). The summed E-state index contributed by atoms with van der Waals surface area (Å²) >= 11 is 0. The maximum atomic E-state index is 13.3. The molecule has 0 saturated carbocycles. The van der Waals surface area contributed by atoms with Crippen LogP contribution in [0.5, 0.6) is 0 Å². The number of pyridine rings is 1. The van der Waals surface area contributed by atoms with Gasteiger partial charge in [0.05, 0.1) is 11.4 Å². The number of aryl methyl sites for hydroxylation is 2. The number of aromatic nitrogens is 1. The largest absolute Gasteiger partial charge is 0.351 e. The quantitative estimate of drug-likeness (QED) is 0.603. The van der Waals surface area contributed by atoms with Gasteiger partial charge >= 0.3 is 0 Å². The highest BCUT2D eigenvalue weighted by atomic mass is 32.2. The van der Waals surface area contributed by atoms with Crippen molar-refractivity contribution in [1.82, 2.24) is 14.6 Å². The maximum Gasteiger partial charge on any atom is 0.243 e. The van der Waals surface area contributed by atoms with Gasteiger partial charge in [-0.3, -0.25) is 9.78 Å². The number of carbonyl (C=O) groups excluding carboxylic acids is 1. The highest BCUT2D eigenvalue weighted by Crippen LogP contribution is 2.19. The van der Waals surface area contributed by atoms with E-state index in [1.165, 1.54) is 4.31 Å². The minimum absolute atomic E-state index is 0.112.